The van der Waals surface area contributed by atoms with Crippen molar-refractivity contribution in [1.82, 2.24) is 4.98 Å². The molecule has 7 nitrogen and oxygen atoms in total. The molecule has 1 aromatic heterocycles. The topological polar surface area (TPSA) is 98.6 Å². The van der Waals surface area contributed by atoms with Crippen LogP contribution in [-0.2, 0) is 6.42 Å². The number of fused-ring (bicyclic) bond motifs is 1. The van der Waals surface area contributed by atoms with Gasteiger partial charge in [-0.2, -0.15) is 0 Å². The molecule has 0 spiro atoms. The molecule has 2 aromatic carbocycles. The number of nitrogens with one attached hydrogen (secondary N) is 2. The van der Waals surface area contributed by atoms with Crippen molar-refractivity contribution in [2.75, 3.05) is 38.3 Å². The average Bonchev–Trinajstić information content (AvgIpc) is 3.12. The van der Waals surface area contributed by atoms with Crippen LogP contribution in [0.25, 0.3) is 10.9 Å². The quantitative estimate of drug-likeness (QED) is 0.411. The van der Waals surface area contributed by atoms with Gasteiger partial charge in [0.05, 0.1) is 26.8 Å². The van der Waals surface area contributed by atoms with Crippen LogP contribution in [0.1, 0.15) is 16.1 Å². The van der Waals surface area contributed by atoms with E-state index in [2.05, 4.69) is 10.3 Å². The summed E-state index contributed by atoms with van der Waals surface area (Å²) in [5, 5.41) is 3.65. The van der Waals surface area contributed by atoms with Crippen molar-refractivity contribution < 1.29 is 19.0 Å². The molecule has 8 heteroatoms. The maximum absolute atomic E-state index is 12.8. The molecule has 3 aromatic rings. The molecule has 4 N–H and O–H groups in total. The van der Waals surface area contributed by atoms with Crippen LogP contribution in [0.4, 0.5) is 11.4 Å². The second-order valence-corrected chi connectivity index (χ2v) is 6.48. The fourth-order valence-electron chi connectivity index (χ4n) is 3.09. The number of aromatic amines is 1. The van der Waals surface area contributed by atoms with E-state index in [4.69, 9.17) is 31.5 Å². The third kappa shape index (κ3) is 3.66. The molecule has 0 unspecified atom stereocenters. The van der Waals surface area contributed by atoms with Crippen LogP contribution in [0, 0.1) is 0 Å². The maximum Gasteiger partial charge on any atom is 0.272 e. The first-order valence-electron chi connectivity index (χ1n) is 8.59. The highest BCUT2D eigenvalue weighted by atomic mass is 35.5. The number of halogens is 1. The predicted molar refractivity (Wildman–Crippen MR) is 111 cm³/mol. The average molecular weight is 404 g/mol. The van der Waals surface area contributed by atoms with Crippen molar-refractivity contribution in [3.05, 3.63) is 41.6 Å². The van der Waals surface area contributed by atoms with Gasteiger partial charge in [-0.1, -0.05) is 6.07 Å². The van der Waals surface area contributed by atoms with E-state index in [-0.39, 0.29) is 5.91 Å². The molecule has 1 heterocycles. The minimum Gasteiger partial charge on any atom is -0.493 e. The summed E-state index contributed by atoms with van der Waals surface area (Å²) in [7, 11) is 4.60. The molecule has 0 saturated heterocycles. The van der Waals surface area contributed by atoms with Crippen molar-refractivity contribution in [1.29, 1.82) is 0 Å². The second-order valence-electron chi connectivity index (χ2n) is 6.10. The minimum atomic E-state index is -0.308. The number of carbonyl (C=O) groups excluding carboxylic acids is 1. The molecule has 0 atom stereocenters. The summed E-state index contributed by atoms with van der Waals surface area (Å²) >= 11 is 5.86. The van der Waals surface area contributed by atoms with E-state index in [1.54, 1.807) is 31.4 Å². The second kappa shape index (κ2) is 8.31. The Balaban J connectivity index is 2.00. The van der Waals surface area contributed by atoms with E-state index in [1.807, 2.05) is 6.07 Å². The van der Waals surface area contributed by atoms with E-state index >= 15 is 0 Å². The molecule has 0 fully saturated rings. The highest BCUT2D eigenvalue weighted by molar-refractivity contribution is 6.18. The molecule has 0 radical (unpaired) electrons. The Labute approximate surface area is 167 Å². The first-order valence-corrected chi connectivity index (χ1v) is 9.13. The van der Waals surface area contributed by atoms with Gasteiger partial charge in [-0.15, -0.1) is 11.6 Å². The number of ether oxygens (including phenoxy) is 3. The Bertz CT molecular complexity index is 1020. The molecular weight excluding hydrogens is 382 g/mol. The zero-order valence-electron chi connectivity index (χ0n) is 15.9. The number of nitrogens with two attached hydrogens (primary N) is 1. The van der Waals surface area contributed by atoms with Crippen LogP contribution in [0.3, 0.4) is 0 Å². The summed E-state index contributed by atoms with van der Waals surface area (Å²) in [6, 6.07) is 8.86. The van der Waals surface area contributed by atoms with Crippen LogP contribution >= 0.6 is 11.6 Å². The number of alkyl halides is 1. The number of rotatable bonds is 7. The number of H-pyrrole nitrogens is 1. The molecule has 0 bridgehead atoms. The van der Waals surface area contributed by atoms with Crippen molar-refractivity contribution in [3.63, 3.8) is 0 Å². The van der Waals surface area contributed by atoms with Gasteiger partial charge in [-0.25, -0.2) is 0 Å². The van der Waals surface area contributed by atoms with Crippen LogP contribution < -0.4 is 25.3 Å². The number of methoxy groups -OCH3 is 3. The highest BCUT2D eigenvalue weighted by Gasteiger charge is 2.20. The Kier molecular flexibility index (Phi) is 5.84. The zero-order chi connectivity index (χ0) is 20.3. The normalized spacial score (nSPS) is 10.7. The van der Waals surface area contributed by atoms with Gasteiger partial charge >= 0.3 is 0 Å². The van der Waals surface area contributed by atoms with E-state index < -0.39 is 0 Å². The van der Waals surface area contributed by atoms with Crippen LogP contribution in [-0.4, -0.2) is 38.1 Å². The number of benzene rings is 2. The summed E-state index contributed by atoms with van der Waals surface area (Å²) < 4.78 is 16.2. The lowest BCUT2D eigenvalue weighted by molar-refractivity contribution is 0.102. The number of aromatic nitrogens is 1. The molecule has 3 rings (SSSR count). The van der Waals surface area contributed by atoms with Gasteiger partial charge in [0.25, 0.3) is 5.91 Å². The smallest absolute Gasteiger partial charge is 0.272 e. The van der Waals surface area contributed by atoms with Crippen LogP contribution in [0.2, 0.25) is 0 Å². The van der Waals surface area contributed by atoms with Gasteiger partial charge in [0.1, 0.15) is 5.69 Å². The Morgan fingerprint density at radius 1 is 1.11 bits per heavy atom. The van der Waals surface area contributed by atoms with Crippen molar-refractivity contribution >= 4 is 39.8 Å². The van der Waals surface area contributed by atoms with E-state index in [0.29, 0.717) is 52.1 Å². The SMILES string of the molecule is COc1cc2cc(C(=O)Nc3cc(N)ccc3CCCl)[nH]c2c(OC)c1OC. The fourth-order valence-corrected chi connectivity index (χ4v) is 3.29. The summed E-state index contributed by atoms with van der Waals surface area (Å²) in [5.41, 5.74) is 8.97. The number of hydrogen-bond acceptors (Lipinski definition) is 5. The lowest BCUT2D eigenvalue weighted by atomic mass is 10.1. The van der Waals surface area contributed by atoms with E-state index in [9.17, 15) is 4.79 Å². The van der Waals surface area contributed by atoms with E-state index in [0.717, 1.165) is 10.9 Å². The zero-order valence-corrected chi connectivity index (χ0v) is 16.6. The van der Waals surface area contributed by atoms with Gasteiger partial charge in [-0.3, -0.25) is 4.79 Å². The molecule has 28 heavy (non-hydrogen) atoms. The number of carbonyl (C=O) groups is 1. The third-order valence-corrected chi connectivity index (χ3v) is 4.60. The number of nitrogen functional groups attached to an aromatic ring is 1. The van der Waals surface area contributed by atoms with E-state index in [1.165, 1.54) is 14.2 Å². The number of aryl methyl sites for hydroxylation is 1. The highest BCUT2D eigenvalue weighted by Crippen LogP contribution is 2.43. The number of hydrogen-bond donors (Lipinski definition) is 3. The third-order valence-electron chi connectivity index (χ3n) is 4.41. The summed E-state index contributed by atoms with van der Waals surface area (Å²) in [5.74, 6) is 1.56. The number of amides is 1. The van der Waals surface area contributed by atoms with Gasteiger partial charge in [0.2, 0.25) is 5.75 Å². The van der Waals surface area contributed by atoms with Crippen molar-refractivity contribution in [2.24, 2.45) is 0 Å². The van der Waals surface area contributed by atoms with Crippen molar-refractivity contribution in [3.8, 4) is 17.2 Å². The molecule has 0 aliphatic rings. The van der Waals surface area contributed by atoms with Crippen LogP contribution in [0.15, 0.2) is 30.3 Å². The molecule has 0 aliphatic carbocycles. The maximum atomic E-state index is 12.8. The molecule has 148 valence electrons. The summed E-state index contributed by atoms with van der Waals surface area (Å²) in [6.45, 7) is 0. The van der Waals surface area contributed by atoms with Crippen LogP contribution in [0.5, 0.6) is 17.2 Å². The standard InChI is InChI=1S/C20H22ClN3O4/c1-26-16-9-12-8-15(23-17(12)19(28-3)18(16)27-2)20(25)24-14-10-13(22)5-4-11(14)6-7-21/h4-5,8-10,23H,6-7,22H2,1-3H3,(H,24,25). The van der Waals surface area contributed by atoms with Gasteiger partial charge in [0, 0.05) is 22.6 Å². The Hall–Kier alpha value is -3.06. The van der Waals surface area contributed by atoms with Gasteiger partial charge in [0.15, 0.2) is 11.5 Å². The summed E-state index contributed by atoms with van der Waals surface area (Å²) in [6.07, 6.45) is 0.617. The molecule has 0 saturated carbocycles. The molecular formula is C20H22ClN3O4. The monoisotopic (exact) mass is 403 g/mol. The molecule has 1 amide bonds. The fraction of sp³-hybridized carbons (Fsp3) is 0.250. The van der Waals surface area contributed by atoms with Gasteiger partial charge in [-0.05, 0) is 36.2 Å². The summed E-state index contributed by atoms with van der Waals surface area (Å²) in [4.78, 5) is 15.9. The first-order chi connectivity index (χ1) is 13.5. The Morgan fingerprint density at radius 2 is 1.86 bits per heavy atom. The predicted octanol–water partition coefficient (Wildman–Crippen LogP) is 3.81. The first kappa shape index (κ1) is 19.7. The Morgan fingerprint density at radius 3 is 2.50 bits per heavy atom. The largest absolute Gasteiger partial charge is 0.493 e. The lowest BCUT2D eigenvalue weighted by Gasteiger charge is -2.12. The van der Waals surface area contributed by atoms with Gasteiger partial charge < -0.3 is 30.2 Å². The number of anilines is 2. The van der Waals surface area contributed by atoms with Crippen molar-refractivity contribution in [2.45, 2.75) is 6.42 Å². The minimum absolute atomic E-state index is 0.308. The lowest BCUT2D eigenvalue weighted by Crippen LogP contribution is -2.14. The molecule has 0 aliphatic heterocycles.